The number of hydrogen-bond donors (Lipinski definition) is 2. The van der Waals surface area contributed by atoms with Crippen LogP contribution in [0, 0.1) is 11.7 Å². The van der Waals surface area contributed by atoms with Crippen LogP contribution >= 0.6 is 0 Å². The maximum absolute atomic E-state index is 13.1. The van der Waals surface area contributed by atoms with Gasteiger partial charge in [0.05, 0.1) is 5.92 Å². The van der Waals surface area contributed by atoms with E-state index in [1.807, 2.05) is 0 Å². The number of benzene rings is 1. The second kappa shape index (κ2) is 5.54. The molecule has 7 heteroatoms. The Morgan fingerprint density at radius 2 is 1.90 bits per heavy atom. The van der Waals surface area contributed by atoms with E-state index in [0.717, 1.165) is 6.07 Å². The zero-order valence-electron chi connectivity index (χ0n) is 11.1. The Labute approximate surface area is 119 Å². The minimum absolute atomic E-state index is 0.150. The summed E-state index contributed by atoms with van der Waals surface area (Å²) in [6, 6.07) is 5.23. The molecule has 116 valence electrons. The van der Waals surface area contributed by atoms with Crippen molar-refractivity contribution in [3.63, 3.8) is 0 Å². The third-order valence-electron chi connectivity index (χ3n) is 3.92. The molecular weight excluding hydrogens is 290 g/mol. The standard InChI is InChI=1S/C14H15F4NO2/c15-10-2-1-3-11(8-10)19-13(12(20)21)6-4-9(5-7-13)14(16,17)18/h1-3,8-9,19H,4-7H2,(H,20,21). The van der Waals surface area contributed by atoms with E-state index in [-0.39, 0.29) is 31.4 Å². The van der Waals surface area contributed by atoms with Gasteiger partial charge in [0.15, 0.2) is 0 Å². The van der Waals surface area contributed by atoms with Crippen LogP contribution in [0.25, 0.3) is 0 Å². The van der Waals surface area contributed by atoms with E-state index < -0.39 is 29.4 Å². The lowest BCUT2D eigenvalue weighted by atomic mass is 9.76. The van der Waals surface area contributed by atoms with E-state index in [1.54, 1.807) is 0 Å². The molecule has 0 radical (unpaired) electrons. The summed E-state index contributed by atoms with van der Waals surface area (Å²) >= 11 is 0. The molecule has 0 aromatic heterocycles. The fraction of sp³-hybridized carbons (Fsp3) is 0.500. The summed E-state index contributed by atoms with van der Waals surface area (Å²) in [5.74, 6) is -3.23. The minimum Gasteiger partial charge on any atom is -0.480 e. The monoisotopic (exact) mass is 305 g/mol. The largest absolute Gasteiger partial charge is 0.480 e. The summed E-state index contributed by atoms with van der Waals surface area (Å²) in [7, 11) is 0. The highest BCUT2D eigenvalue weighted by molar-refractivity contribution is 5.83. The maximum Gasteiger partial charge on any atom is 0.391 e. The Hall–Kier alpha value is -1.79. The SMILES string of the molecule is O=C(O)C1(Nc2cccc(F)c2)CCC(C(F)(F)F)CC1. The van der Waals surface area contributed by atoms with Crippen LogP contribution < -0.4 is 5.32 Å². The van der Waals surface area contributed by atoms with E-state index >= 15 is 0 Å². The molecule has 1 aliphatic carbocycles. The van der Waals surface area contributed by atoms with Gasteiger partial charge in [0, 0.05) is 5.69 Å². The molecule has 21 heavy (non-hydrogen) atoms. The zero-order valence-corrected chi connectivity index (χ0v) is 11.1. The summed E-state index contributed by atoms with van der Waals surface area (Å²) < 4.78 is 51.1. The quantitative estimate of drug-likeness (QED) is 0.835. The molecule has 0 atom stereocenters. The van der Waals surface area contributed by atoms with Crippen LogP contribution in [0.1, 0.15) is 25.7 Å². The van der Waals surface area contributed by atoms with Crippen LogP contribution in [0.3, 0.4) is 0 Å². The number of carboxylic acid groups (broad SMARTS) is 1. The third-order valence-corrected chi connectivity index (χ3v) is 3.92. The van der Waals surface area contributed by atoms with Gasteiger partial charge in [-0.05, 0) is 43.9 Å². The highest BCUT2D eigenvalue weighted by Gasteiger charge is 2.49. The van der Waals surface area contributed by atoms with Crippen molar-refractivity contribution >= 4 is 11.7 Å². The Balaban J connectivity index is 2.15. The molecule has 1 aromatic rings. The maximum atomic E-state index is 13.1. The molecule has 0 heterocycles. The van der Waals surface area contributed by atoms with Crippen molar-refractivity contribution in [2.24, 2.45) is 5.92 Å². The Kier molecular flexibility index (Phi) is 4.11. The average molecular weight is 305 g/mol. The number of nitrogens with one attached hydrogen (secondary N) is 1. The molecular formula is C14H15F4NO2. The lowest BCUT2D eigenvalue weighted by molar-refractivity contribution is -0.186. The average Bonchev–Trinajstić information content (AvgIpc) is 2.38. The van der Waals surface area contributed by atoms with Gasteiger partial charge in [-0.15, -0.1) is 0 Å². The second-order valence-electron chi connectivity index (χ2n) is 5.34. The van der Waals surface area contributed by atoms with Gasteiger partial charge in [-0.3, -0.25) is 0 Å². The first-order valence-corrected chi connectivity index (χ1v) is 6.57. The predicted octanol–water partition coefficient (Wildman–Crippen LogP) is 3.81. The predicted molar refractivity (Wildman–Crippen MR) is 68.4 cm³/mol. The molecule has 1 aliphatic rings. The number of anilines is 1. The molecule has 0 unspecified atom stereocenters. The summed E-state index contributed by atoms with van der Waals surface area (Å²) in [5.41, 5.74) is -1.22. The molecule has 3 nitrogen and oxygen atoms in total. The number of aliphatic carboxylic acids is 1. The smallest absolute Gasteiger partial charge is 0.391 e. The third kappa shape index (κ3) is 3.46. The van der Waals surface area contributed by atoms with Crippen molar-refractivity contribution in [2.45, 2.75) is 37.4 Å². The number of halogens is 4. The van der Waals surface area contributed by atoms with Gasteiger partial charge >= 0.3 is 12.1 Å². The zero-order chi connectivity index (χ0) is 15.7. The van der Waals surface area contributed by atoms with Crippen molar-refractivity contribution < 1.29 is 27.5 Å². The molecule has 0 aliphatic heterocycles. The van der Waals surface area contributed by atoms with Crippen LogP contribution in [0.4, 0.5) is 23.2 Å². The molecule has 1 fully saturated rings. The number of carboxylic acids is 1. The van der Waals surface area contributed by atoms with Gasteiger partial charge in [-0.25, -0.2) is 9.18 Å². The fourth-order valence-electron chi connectivity index (χ4n) is 2.67. The van der Waals surface area contributed by atoms with Crippen LogP contribution in [-0.2, 0) is 4.79 Å². The van der Waals surface area contributed by atoms with Crippen molar-refractivity contribution in [2.75, 3.05) is 5.32 Å². The summed E-state index contributed by atoms with van der Waals surface area (Å²) in [6.45, 7) is 0. The number of rotatable bonds is 3. The van der Waals surface area contributed by atoms with Crippen molar-refractivity contribution in [1.82, 2.24) is 0 Å². The summed E-state index contributed by atoms with van der Waals surface area (Å²) in [5, 5.41) is 12.1. The Morgan fingerprint density at radius 3 is 2.38 bits per heavy atom. The van der Waals surface area contributed by atoms with Crippen molar-refractivity contribution in [3.8, 4) is 0 Å². The van der Waals surface area contributed by atoms with Gasteiger partial charge in [-0.1, -0.05) is 6.07 Å². The Morgan fingerprint density at radius 1 is 1.29 bits per heavy atom. The number of hydrogen-bond acceptors (Lipinski definition) is 2. The van der Waals surface area contributed by atoms with Gasteiger partial charge < -0.3 is 10.4 Å². The van der Waals surface area contributed by atoms with E-state index in [9.17, 15) is 27.5 Å². The molecule has 0 bridgehead atoms. The normalized spacial score (nSPS) is 26.4. The first kappa shape index (κ1) is 15.6. The Bertz CT molecular complexity index is 522. The topological polar surface area (TPSA) is 49.3 Å². The highest BCUT2D eigenvalue weighted by Crippen LogP contribution is 2.42. The van der Waals surface area contributed by atoms with Crippen LogP contribution in [0.15, 0.2) is 24.3 Å². The van der Waals surface area contributed by atoms with Gasteiger partial charge in [0.2, 0.25) is 0 Å². The molecule has 1 aromatic carbocycles. The van der Waals surface area contributed by atoms with Gasteiger partial charge in [0.1, 0.15) is 11.4 Å². The van der Waals surface area contributed by atoms with E-state index in [4.69, 9.17) is 0 Å². The first-order chi connectivity index (χ1) is 9.73. The van der Waals surface area contributed by atoms with E-state index in [0.29, 0.717) is 0 Å². The summed E-state index contributed by atoms with van der Waals surface area (Å²) in [4.78, 5) is 11.5. The molecule has 2 rings (SSSR count). The number of carbonyl (C=O) groups is 1. The lowest BCUT2D eigenvalue weighted by Crippen LogP contribution is -2.50. The fourth-order valence-corrected chi connectivity index (χ4v) is 2.67. The minimum atomic E-state index is -4.30. The number of alkyl halides is 3. The van der Waals surface area contributed by atoms with E-state index in [2.05, 4.69) is 5.32 Å². The summed E-state index contributed by atoms with van der Waals surface area (Å²) in [6.07, 6.45) is -5.11. The van der Waals surface area contributed by atoms with Crippen molar-refractivity contribution in [3.05, 3.63) is 30.1 Å². The molecule has 2 N–H and O–H groups in total. The van der Waals surface area contributed by atoms with Crippen LogP contribution in [0.2, 0.25) is 0 Å². The molecule has 1 saturated carbocycles. The molecule has 0 saturated heterocycles. The van der Waals surface area contributed by atoms with Crippen LogP contribution in [0.5, 0.6) is 0 Å². The lowest BCUT2D eigenvalue weighted by Gasteiger charge is -2.38. The van der Waals surface area contributed by atoms with Crippen LogP contribution in [-0.4, -0.2) is 22.8 Å². The highest BCUT2D eigenvalue weighted by atomic mass is 19.4. The second-order valence-corrected chi connectivity index (χ2v) is 5.34. The molecule has 0 amide bonds. The van der Waals surface area contributed by atoms with E-state index in [1.165, 1.54) is 18.2 Å². The first-order valence-electron chi connectivity index (χ1n) is 6.57. The van der Waals surface area contributed by atoms with Gasteiger partial charge in [-0.2, -0.15) is 13.2 Å². The molecule has 0 spiro atoms. The van der Waals surface area contributed by atoms with Crippen molar-refractivity contribution in [1.29, 1.82) is 0 Å². The van der Waals surface area contributed by atoms with Gasteiger partial charge in [0.25, 0.3) is 0 Å².